The summed E-state index contributed by atoms with van der Waals surface area (Å²) in [4.78, 5) is 12.5. The van der Waals surface area contributed by atoms with Gasteiger partial charge in [0.25, 0.3) is 0 Å². The molecule has 1 aliphatic carbocycles. The third-order valence-corrected chi connectivity index (χ3v) is 6.87. The third-order valence-electron chi connectivity index (χ3n) is 6.87. The van der Waals surface area contributed by atoms with Gasteiger partial charge in [0.2, 0.25) is 0 Å². The van der Waals surface area contributed by atoms with Crippen LogP contribution in [0.3, 0.4) is 0 Å². The van der Waals surface area contributed by atoms with Crippen LogP contribution < -0.4 is 0 Å². The monoisotopic (exact) mass is 385 g/mol. The molecule has 0 N–H and O–H groups in total. The van der Waals surface area contributed by atoms with Crippen molar-refractivity contribution < 1.29 is 0 Å². The molecule has 0 atom stereocenters. The van der Waals surface area contributed by atoms with Gasteiger partial charge in [0.1, 0.15) is 11.6 Å². The molecular weight excluding hydrogens is 358 g/mol. The van der Waals surface area contributed by atoms with Crippen LogP contribution >= 0.6 is 0 Å². The predicted molar refractivity (Wildman–Crippen MR) is 117 cm³/mol. The minimum atomic E-state index is 0.818. The number of hydrogen-bond acceptors (Lipinski definition) is 3. The van der Waals surface area contributed by atoms with Crippen molar-refractivity contribution >= 4 is 22.1 Å². The molecule has 0 bridgehead atoms. The molecule has 29 heavy (non-hydrogen) atoms. The Kier molecular flexibility index (Phi) is 3.81. The fourth-order valence-corrected chi connectivity index (χ4v) is 5.08. The number of fused-ring (bicyclic) bond motifs is 4. The topological polar surface area (TPSA) is 38.9 Å². The SMILES string of the molecule is Cc1ccc2nc(C)n(-c3ccc4c(c3)nc3n4CCN(C4CCC4)CC3)c2c1. The zero-order valence-electron chi connectivity index (χ0n) is 17.2. The van der Waals surface area contributed by atoms with E-state index in [1.54, 1.807) is 0 Å². The van der Waals surface area contributed by atoms with Crippen molar-refractivity contribution in [3.05, 3.63) is 53.6 Å². The number of nitrogens with zero attached hydrogens (tertiary/aromatic N) is 5. The Bertz CT molecular complexity index is 1230. The first-order chi connectivity index (χ1) is 14.2. The highest BCUT2D eigenvalue weighted by atomic mass is 15.2. The van der Waals surface area contributed by atoms with Gasteiger partial charge in [-0.25, -0.2) is 9.97 Å². The summed E-state index contributed by atoms with van der Waals surface area (Å²) < 4.78 is 4.70. The molecule has 2 aromatic heterocycles. The summed E-state index contributed by atoms with van der Waals surface area (Å²) in [5.41, 5.74) is 6.97. The van der Waals surface area contributed by atoms with E-state index in [1.165, 1.54) is 41.7 Å². The van der Waals surface area contributed by atoms with Crippen LogP contribution in [0, 0.1) is 13.8 Å². The average molecular weight is 386 g/mol. The quantitative estimate of drug-likeness (QED) is 0.513. The molecule has 4 aromatic rings. The molecule has 0 spiro atoms. The maximum Gasteiger partial charge on any atom is 0.111 e. The minimum Gasteiger partial charge on any atom is -0.327 e. The molecule has 5 nitrogen and oxygen atoms in total. The van der Waals surface area contributed by atoms with Gasteiger partial charge in [0, 0.05) is 37.8 Å². The molecule has 0 amide bonds. The molecule has 0 radical (unpaired) electrons. The van der Waals surface area contributed by atoms with E-state index in [9.17, 15) is 0 Å². The van der Waals surface area contributed by atoms with Crippen LogP contribution in [-0.4, -0.2) is 43.1 Å². The number of benzene rings is 2. The van der Waals surface area contributed by atoms with E-state index in [0.29, 0.717) is 0 Å². The summed E-state index contributed by atoms with van der Waals surface area (Å²) in [6.45, 7) is 7.56. The maximum absolute atomic E-state index is 5.05. The molecule has 3 heterocycles. The normalized spacial score (nSPS) is 18.1. The van der Waals surface area contributed by atoms with Gasteiger partial charge in [-0.15, -0.1) is 0 Å². The van der Waals surface area contributed by atoms with Crippen LogP contribution in [0.4, 0.5) is 0 Å². The summed E-state index contributed by atoms with van der Waals surface area (Å²) in [6, 6.07) is 14.0. The minimum absolute atomic E-state index is 0.818. The Labute approximate surface area is 171 Å². The van der Waals surface area contributed by atoms with Crippen molar-refractivity contribution in [3.8, 4) is 5.69 Å². The lowest BCUT2D eigenvalue weighted by Crippen LogP contribution is -2.41. The molecule has 0 unspecified atom stereocenters. The van der Waals surface area contributed by atoms with Crippen molar-refractivity contribution in [2.24, 2.45) is 0 Å². The molecule has 2 aliphatic rings. The zero-order valence-corrected chi connectivity index (χ0v) is 17.2. The standard InChI is InChI=1S/C24H27N5/c1-16-6-8-20-23(14-16)29(17(2)25-20)19-7-9-22-21(15-19)26-24-10-11-27(12-13-28(22)24)18-4-3-5-18/h6-9,14-15,18H,3-5,10-13H2,1-2H3. The van der Waals surface area contributed by atoms with E-state index in [1.807, 2.05) is 0 Å². The highest BCUT2D eigenvalue weighted by Crippen LogP contribution is 2.29. The molecule has 6 rings (SSSR count). The summed E-state index contributed by atoms with van der Waals surface area (Å²) in [5.74, 6) is 2.25. The van der Waals surface area contributed by atoms with Crippen LogP contribution in [0.2, 0.25) is 0 Å². The number of rotatable bonds is 2. The Hall–Kier alpha value is -2.66. The van der Waals surface area contributed by atoms with E-state index in [0.717, 1.165) is 54.6 Å². The van der Waals surface area contributed by atoms with E-state index in [2.05, 4.69) is 64.3 Å². The first-order valence-electron chi connectivity index (χ1n) is 10.9. The Morgan fingerprint density at radius 3 is 2.59 bits per heavy atom. The smallest absolute Gasteiger partial charge is 0.111 e. The second kappa shape index (κ2) is 6.42. The van der Waals surface area contributed by atoms with Crippen molar-refractivity contribution in [3.63, 3.8) is 0 Å². The zero-order chi connectivity index (χ0) is 19.5. The lowest BCUT2D eigenvalue weighted by Gasteiger charge is -2.36. The number of aromatic nitrogens is 4. The van der Waals surface area contributed by atoms with Gasteiger partial charge < -0.3 is 4.57 Å². The Morgan fingerprint density at radius 1 is 0.862 bits per heavy atom. The van der Waals surface area contributed by atoms with Crippen molar-refractivity contribution in [1.82, 2.24) is 24.0 Å². The fourth-order valence-electron chi connectivity index (χ4n) is 5.08. The van der Waals surface area contributed by atoms with Gasteiger partial charge in [-0.2, -0.15) is 0 Å². The highest BCUT2D eigenvalue weighted by Gasteiger charge is 2.27. The number of aryl methyl sites for hydroxylation is 2. The maximum atomic E-state index is 5.05. The van der Waals surface area contributed by atoms with Crippen molar-refractivity contribution in [2.45, 2.75) is 52.1 Å². The van der Waals surface area contributed by atoms with Crippen molar-refractivity contribution in [1.29, 1.82) is 0 Å². The average Bonchev–Trinajstić information content (AvgIpc) is 3.10. The summed E-state index contributed by atoms with van der Waals surface area (Å²) >= 11 is 0. The van der Waals surface area contributed by atoms with E-state index >= 15 is 0 Å². The first kappa shape index (κ1) is 17.2. The van der Waals surface area contributed by atoms with Gasteiger partial charge in [-0.3, -0.25) is 9.47 Å². The lowest BCUT2D eigenvalue weighted by atomic mass is 9.91. The second-order valence-corrected chi connectivity index (χ2v) is 8.71. The van der Waals surface area contributed by atoms with Gasteiger partial charge >= 0.3 is 0 Å². The number of imidazole rings is 2. The molecular formula is C24H27N5. The van der Waals surface area contributed by atoms with Crippen LogP contribution in [0.5, 0.6) is 0 Å². The van der Waals surface area contributed by atoms with Crippen LogP contribution in [0.15, 0.2) is 36.4 Å². The molecule has 1 saturated carbocycles. The van der Waals surface area contributed by atoms with Crippen LogP contribution in [0.1, 0.15) is 36.5 Å². The molecule has 1 aliphatic heterocycles. The number of hydrogen-bond donors (Lipinski definition) is 0. The summed E-state index contributed by atoms with van der Waals surface area (Å²) in [7, 11) is 0. The van der Waals surface area contributed by atoms with Crippen molar-refractivity contribution in [2.75, 3.05) is 13.1 Å². The predicted octanol–water partition coefficient (Wildman–Crippen LogP) is 4.40. The molecule has 1 fully saturated rings. The molecule has 2 aromatic carbocycles. The van der Waals surface area contributed by atoms with Crippen LogP contribution in [-0.2, 0) is 13.0 Å². The van der Waals surface area contributed by atoms with E-state index in [-0.39, 0.29) is 0 Å². The first-order valence-corrected chi connectivity index (χ1v) is 10.9. The van der Waals surface area contributed by atoms with Gasteiger partial charge in [0.15, 0.2) is 0 Å². The van der Waals surface area contributed by atoms with Crippen LogP contribution in [0.25, 0.3) is 27.8 Å². The fraction of sp³-hybridized carbons (Fsp3) is 0.417. The Morgan fingerprint density at radius 2 is 1.76 bits per heavy atom. The Balaban J connectivity index is 1.40. The molecule has 5 heteroatoms. The molecule has 148 valence electrons. The van der Waals surface area contributed by atoms with E-state index in [4.69, 9.17) is 9.97 Å². The van der Waals surface area contributed by atoms with Gasteiger partial charge in [-0.05, 0) is 62.6 Å². The molecule has 0 saturated heterocycles. The summed E-state index contributed by atoms with van der Waals surface area (Å²) in [6.07, 6.45) is 5.21. The third kappa shape index (κ3) is 2.71. The lowest BCUT2D eigenvalue weighted by molar-refractivity contribution is 0.130. The van der Waals surface area contributed by atoms with E-state index < -0.39 is 0 Å². The highest BCUT2D eigenvalue weighted by molar-refractivity contribution is 5.82. The van der Waals surface area contributed by atoms with Gasteiger partial charge in [0.05, 0.1) is 22.1 Å². The second-order valence-electron chi connectivity index (χ2n) is 8.71. The largest absolute Gasteiger partial charge is 0.327 e. The van der Waals surface area contributed by atoms with Gasteiger partial charge in [-0.1, -0.05) is 12.5 Å². The summed E-state index contributed by atoms with van der Waals surface area (Å²) in [5, 5.41) is 0.